The lowest BCUT2D eigenvalue weighted by Gasteiger charge is -2.07. The van der Waals surface area contributed by atoms with Gasteiger partial charge in [0.15, 0.2) is 0 Å². The maximum Gasteiger partial charge on any atom is 0.264 e. The normalized spacial score (nSPS) is 11.3. The van der Waals surface area contributed by atoms with Crippen LogP contribution in [-0.4, -0.2) is 29.4 Å². The molecule has 28 heavy (non-hydrogen) atoms. The van der Waals surface area contributed by atoms with Crippen LogP contribution in [0.2, 0.25) is 0 Å². The first-order chi connectivity index (χ1) is 13.4. The number of aromatic hydroxyl groups is 1. The highest BCUT2D eigenvalue weighted by molar-refractivity contribution is 7.92. The van der Waals surface area contributed by atoms with Crippen LogP contribution in [0.1, 0.15) is 5.56 Å². The largest absolute Gasteiger partial charge is 0.508 e. The van der Waals surface area contributed by atoms with Gasteiger partial charge in [-0.2, -0.15) is 0 Å². The Morgan fingerprint density at radius 3 is 2.25 bits per heavy atom. The van der Waals surface area contributed by atoms with E-state index in [1.54, 1.807) is 24.3 Å². The van der Waals surface area contributed by atoms with Crippen molar-refractivity contribution in [2.75, 3.05) is 10.0 Å². The molecular formula is C19H16N4O4S. The summed E-state index contributed by atoms with van der Waals surface area (Å²) in [5.74, 6) is -0.260. The number of aromatic nitrogens is 2. The number of nitrogens with zero attached hydrogens (tertiary/aromatic N) is 2. The number of carbonyl (C=O) groups excluding carboxylic acids is 1. The van der Waals surface area contributed by atoms with E-state index in [4.69, 9.17) is 0 Å². The van der Waals surface area contributed by atoms with Crippen LogP contribution in [0.4, 0.5) is 11.6 Å². The van der Waals surface area contributed by atoms with Crippen molar-refractivity contribution in [2.45, 2.75) is 4.90 Å². The zero-order valence-electron chi connectivity index (χ0n) is 14.5. The first-order valence-electron chi connectivity index (χ1n) is 8.10. The van der Waals surface area contributed by atoms with Crippen molar-refractivity contribution in [3.8, 4) is 5.75 Å². The Kier molecular flexibility index (Phi) is 5.66. The fraction of sp³-hybridized carbons (Fsp3) is 0. The summed E-state index contributed by atoms with van der Waals surface area (Å²) in [5, 5.41) is 11.9. The average Bonchev–Trinajstić information content (AvgIpc) is 2.68. The molecule has 0 spiro atoms. The van der Waals surface area contributed by atoms with Gasteiger partial charge in [0.25, 0.3) is 10.0 Å². The van der Waals surface area contributed by atoms with Gasteiger partial charge >= 0.3 is 0 Å². The molecule has 0 bridgehead atoms. The Bertz CT molecular complexity index is 1080. The van der Waals surface area contributed by atoms with E-state index < -0.39 is 10.0 Å². The minimum atomic E-state index is -3.83. The van der Waals surface area contributed by atoms with Crippen LogP contribution >= 0.6 is 0 Å². The summed E-state index contributed by atoms with van der Waals surface area (Å²) in [6.45, 7) is 0. The van der Waals surface area contributed by atoms with E-state index in [0.29, 0.717) is 5.69 Å². The quantitative estimate of drug-likeness (QED) is 0.551. The number of anilines is 2. The average molecular weight is 396 g/mol. The van der Waals surface area contributed by atoms with E-state index in [-0.39, 0.29) is 22.5 Å². The van der Waals surface area contributed by atoms with E-state index in [0.717, 1.165) is 5.56 Å². The van der Waals surface area contributed by atoms with Gasteiger partial charge in [0.2, 0.25) is 11.9 Å². The summed E-state index contributed by atoms with van der Waals surface area (Å²) in [4.78, 5) is 19.6. The topological polar surface area (TPSA) is 121 Å². The fourth-order valence-corrected chi connectivity index (χ4v) is 3.15. The van der Waals surface area contributed by atoms with Gasteiger partial charge in [-0.15, -0.1) is 0 Å². The molecule has 0 fully saturated rings. The monoisotopic (exact) mass is 396 g/mol. The van der Waals surface area contributed by atoms with E-state index in [9.17, 15) is 18.3 Å². The number of phenols is 1. The lowest BCUT2D eigenvalue weighted by molar-refractivity contribution is -0.111. The van der Waals surface area contributed by atoms with Crippen molar-refractivity contribution in [1.29, 1.82) is 0 Å². The van der Waals surface area contributed by atoms with Gasteiger partial charge < -0.3 is 10.4 Å². The van der Waals surface area contributed by atoms with E-state index in [1.165, 1.54) is 54.9 Å². The summed E-state index contributed by atoms with van der Waals surface area (Å²) in [6.07, 6.45) is 5.78. The molecule has 0 unspecified atom stereocenters. The SMILES string of the molecule is O=C(/C=C/c1ccc(O)cc1)Nc1ccc(S(=O)(=O)Nc2ncccn2)cc1. The smallest absolute Gasteiger partial charge is 0.264 e. The van der Waals surface area contributed by atoms with Crippen LogP contribution in [0.3, 0.4) is 0 Å². The highest BCUT2D eigenvalue weighted by atomic mass is 32.2. The van der Waals surface area contributed by atoms with Crippen molar-refractivity contribution in [3.63, 3.8) is 0 Å². The molecule has 3 rings (SSSR count). The second kappa shape index (κ2) is 8.31. The molecular weight excluding hydrogens is 380 g/mol. The molecule has 3 N–H and O–H groups in total. The predicted molar refractivity (Wildman–Crippen MR) is 105 cm³/mol. The minimum Gasteiger partial charge on any atom is -0.508 e. The standard InChI is InChI=1S/C19H16N4O4S/c24-16-7-2-14(3-8-16)4-11-18(25)22-15-5-9-17(10-6-15)28(26,27)23-19-20-12-1-13-21-19/h1-13,24H,(H,22,25)(H,20,21,23)/b11-4+. The number of phenolic OH excluding ortho intramolecular Hbond substituents is 1. The number of hydrogen-bond donors (Lipinski definition) is 3. The number of sulfonamides is 1. The Labute approximate surface area is 161 Å². The number of nitrogens with one attached hydrogen (secondary N) is 2. The van der Waals surface area contributed by atoms with Crippen LogP contribution in [-0.2, 0) is 14.8 Å². The Morgan fingerprint density at radius 1 is 0.964 bits per heavy atom. The summed E-state index contributed by atoms with van der Waals surface area (Å²) < 4.78 is 26.9. The second-order valence-corrected chi connectivity index (χ2v) is 7.30. The number of hydrogen-bond acceptors (Lipinski definition) is 6. The zero-order valence-corrected chi connectivity index (χ0v) is 15.3. The van der Waals surface area contributed by atoms with Crippen LogP contribution in [0, 0.1) is 0 Å². The molecule has 142 valence electrons. The van der Waals surface area contributed by atoms with Gasteiger partial charge in [-0.25, -0.2) is 23.1 Å². The molecule has 1 heterocycles. The van der Waals surface area contributed by atoms with E-state index >= 15 is 0 Å². The molecule has 0 saturated heterocycles. The van der Waals surface area contributed by atoms with E-state index in [2.05, 4.69) is 20.0 Å². The third-order valence-electron chi connectivity index (χ3n) is 3.54. The van der Waals surface area contributed by atoms with Crippen molar-refractivity contribution < 1.29 is 18.3 Å². The summed E-state index contributed by atoms with van der Waals surface area (Å²) >= 11 is 0. The first-order valence-corrected chi connectivity index (χ1v) is 9.59. The maximum absolute atomic E-state index is 12.3. The Morgan fingerprint density at radius 2 is 1.61 bits per heavy atom. The molecule has 0 aliphatic rings. The first kappa shape index (κ1) is 19.1. The van der Waals surface area contributed by atoms with Crippen LogP contribution in [0.15, 0.2) is 78.0 Å². The lowest BCUT2D eigenvalue weighted by Crippen LogP contribution is -2.15. The van der Waals surface area contributed by atoms with Gasteiger partial charge in [-0.1, -0.05) is 12.1 Å². The summed E-state index contributed by atoms with van der Waals surface area (Å²) in [6, 6.07) is 13.6. The highest BCUT2D eigenvalue weighted by Gasteiger charge is 2.15. The summed E-state index contributed by atoms with van der Waals surface area (Å²) in [5.41, 5.74) is 1.19. The minimum absolute atomic E-state index is 0.0117. The van der Waals surface area contributed by atoms with Crippen molar-refractivity contribution in [2.24, 2.45) is 0 Å². The molecule has 1 aromatic heterocycles. The van der Waals surface area contributed by atoms with Crippen LogP contribution in [0.5, 0.6) is 5.75 Å². The van der Waals surface area contributed by atoms with Gasteiger partial charge in [-0.3, -0.25) is 4.79 Å². The lowest BCUT2D eigenvalue weighted by atomic mass is 10.2. The molecule has 2 aromatic carbocycles. The predicted octanol–water partition coefficient (Wildman–Crippen LogP) is 2.63. The number of amides is 1. The Hall–Kier alpha value is -3.72. The fourth-order valence-electron chi connectivity index (χ4n) is 2.19. The molecule has 9 heteroatoms. The highest BCUT2D eigenvalue weighted by Crippen LogP contribution is 2.16. The molecule has 0 atom stereocenters. The molecule has 0 radical (unpaired) electrons. The third-order valence-corrected chi connectivity index (χ3v) is 4.89. The summed E-state index contributed by atoms with van der Waals surface area (Å²) in [7, 11) is -3.83. The molecule has 3 aromatic rings. The van der Waals surface area contributed by atoms with Crippen LogP contribution < -0.4 is 10.0 Å². The van der Waals surface area contributed by atoms with Gasteiger partial charge in [0.1, 0.15) is 5.75 Å². The molecule has 0 aliphatic carbocycles. The number of benzene rings is 2. The van der Waals surface area contributed by atoms with Crippen molar-refractivity contribution >= 4 is 33.6 Å². The maximum atomic E-state index is 12.3. The van der Waals surface area contributed by atoms with Crippen molar-refractivity contribution in [3.05, 3.63) is 78.6 Å². The van der Waals surface area contributed by atoms with E-state index in [1.807, 2.05) is 0 Å². The molecule has 8 nitrogen and oxygen atoms in total. The van der Waals surface area contributed by atoms with Crippen molar-refractivity contribution in [1.82, 2.24) is 9.97 Å². The number of carbonyl (C=O) groups is 1. The third kappa shape index (κ3) is 5.15. The second-order valence-electron chi connectivity index (χ2n) is 5.62. The molecule has 1 amide bonds. The van der Waals surface area contributed by atoms with Crippen LogP contribution in [0.25, 0.3) is 6.08 Å². The molecule has 0 aliphatic heterocycles. The van der Waals surface area contributed by atoms with Gasteiger partial charge in [-0.05, 0) is 54.1 Å². The zero-order chi connectivity index (χ0) is 20.0. The van der Waals surface area contributed by atoms with Gasteiger partial charge in [0.05, 0.1) is 4.90 Å². The number of rotatable bonds is 6. The molecule has 0 saturated carbocycles. The Balaban J connectivity index is 1.63. The van der Waals surface area contributed by atoms with Gasteiger partial charge in [0, 0.05) is 24.2 Å².